The van der Waals surface area contributed by atoms with Gasteiger partial charge in [0.15, 0.2) is 0 Å². The lowest BCUT2D eigenvalue weighted by molar-refractivity contribution is 0.187. The second-order valence-corrected chi connectivity index (χ2v) is 2.87. The topological polar surface area (TPSA) is 9.23 Å². The summed E-state index contributed by atoms with van der Waals surface area (Å²) >= 11 is 5.76. The van der Waals surface area contributed by atoms with Crippen molar-refractivity contribution in [3.63, 3.8) is 0 Å². The predicted octanol–water partition coefficient (Wildman–Crippen LogP) is 2.31. The molecule has 52 valence electrons. The van der Waals surface area contributed by atoms with Crippen molar-refractivity contribution in [3.05, 3.63) is 11.8 Å². The van der Waals surface area contributed by atoms with Crippen LogP contribution in [0.3, 0.4) is 0 Å². The zero-order valence-corrected chi connectivity index (χ0v) is 6.32. The molecule has 9 heavy (non-hydrogen) atoms. The molecule has 0 bridgehead atoms. The molecule has 0 N–H and O–H groups in total. The van der Waals surface area contributed by atoms with Crippen molar-refractivity contribution in [2.24, 2.45) is 0 Å². The Morgan fingerprint density at radius 1 is 1.78 bits per heavy atom. The SMILES string of the molecule is CC(Cl)C1=CCCCO1. The first-order chi connectivity index (χ1) is 4.30. The van der Waals surface area contributed by atoms with E-state index < -0.39 is 0 Å². The fraction of sp³-hybridized carbons (Fsp3) is 0.714. The number of alkyl halides is 1. The van der Waals surface area contributed by atoms with Gasteiger partial charge in [0.2, 0.25) is 0 Å². The Balaban J connectivity index is 2.46. The molecular weight excluding hydrogens is 136 g/mol. The lowest BCUT2D eigenvalue weighted by Gasteiger charge is -2.15. The summed E-state index contributed by atoms with van der Waals surface area (Å²) in [5.41, 5.74) is 0. The monoisotopic (exact) mass is 146 g/mol. The van der Waals surface area contributed by atoms with Crippen LogP contribution in [0.4, 0.5) is 0 Å². The highest BCUT2D eigenvalue weighted by atomic mass is 35.5. The molecule has 1 aliphatic rings. The van der Waals surface area contributed by atoms with Gasteiger partial charge >= 0.3 is 0 Å². The summed E-state index contributed by atoms with van der Waals surface area (Å²) in [5.74, 6) is 0.947. The van der Waals surface area contributed by atoms with Crippen molar-refractivity contribution < 1.29 is 4.74 Å². The minimum atomic E-state index is 0.0466. The van der Waals surface area contributed by atoms with Crippen LogP contribution in [0.25, 0.3) is 0 Å². The molecule has 0 aromatic rings. The molecule has 0 amide bonds. The van der Waals surface area contributed by atoms with E-state index in [1.165, 1.54) is 0 Å². The van der Waals surface area contributed by atoms with Crippen LogP contribution in [0.5, 0.6) is 0 Å². The van der Waals surface area contributed by atoms with Crippen molar-refractivity contribution >= 4 is 11.6 Å². The number of allylic oxidation sites excluding steroid dienone is 2. The van der Waals surface area contributed by atoms with E-state index in [9.17, 15) is 0 Å². The van der Waals surface area contributed by atoms with Gasteiger partial charge in [-0.2, -0.15) is 0 Å². The maximum atomic E-state index is 5.76. The average molecular weight is 147 g/mol. The molecule has 1 atom stereocenters. The van der Waals surface area contributed by atoms with Gasteiger partial charge in [-0.3, -0.25) is 0 Å². The molecule has 0 aromatic heterocycles. The van der Waals surface area contributed by atoms with Gasteiger partial charge in [0.25, 0.3) is 0 Å². The molecule has 0 fully saturated rings. The Morgan fingerprint density at radius 3 is 2.89 bits per heavy atom. The van der Waals surface area contributed by atoms with Crippen molar-refractivity contribution in [1.82, 2.24) is 0 Å². The predicted molar refractivity (Wildman–Crippen MR) is 38.6 cm³/mol. The zero-order valence-electron chi connectivity index (χ0n) is 5.56. The number of ether oxygens (including phenoxy) is 1. The van der Waals surface area contributed by atoms with Crippen LogP contribution >= 0.6 is 11.6 Å². The highest BCUT2D eigenvalue weighted by Crippen LogP contribution is 2.16. The fourth-order valence-corrected chi connectivity index (χ4v) is 1.01. The standard InChI is InChI=1S/C7H11ClO/c1-6(8)7-4-2-3-5-9-7/h4,6H,2-3,5H2,1H3. The molecule has 0 aromatic carbocycles. The summed E-state index contributed by atoms with van der Waals surface area (Å²) in [6, 6.07) is 0. The smallest absolute Gasteiger partial charge is 0.110 e. The summed E-state index contributed by atoms with van der Waals surface area (Å²) < 4.78 is 5.27. The Labute approximate surface area is 60.7 Å². The summed E-state index contributed by atoms with van der Waals surface area (Å²) in [6.45, 7) is 2.77. The van der Waals surface area contributed by atoms with E-state index in [1.54, 1.807) is 0 Å². The summed E-state index contributed by atoms with van der Waals surface area (Å²) in [4.78, 5) is 0. The average Bonchev–Trinajstić information content (AvgIpc) is 1.90. The zero-order chi connectivity index (χ0) is 6.69. The number of rotatable bonds is 1. The van der Waals surface area contributed by atoms with Gasteiger partial charge in [0, 0.05) is 0 Å². The van der Waals surface area contributed by atoms with Gasteiger partial charge in [0.1, 0.15) is 5.76 Å². The summed E-state index contributed by atoms with van der Waals surface area (Å²) in [7, 11) is 0. The minimum Gasteiger partial charge on any atom is -0.497 e. The largest absolute Gasteiger partial charge is 0.497 e. The van der Waals surface area contributed by atoms with Gasteiger partial charge in [-0.05, 0) is 25.8 Å². The summed E-state index contributed by atoms with van der Waals surface area (Å²) in [6.07, 6.45) is 4.32. The Hall–Kier alpha value is -0.170. The molecule has 0 aliphatic carbocycles. The highest BCUT2D eigenvalue weighted by molar-refractivity contribution is 6.21. The van der Waals surface area contributed by atoms with Crippen LogP contribution in [0.15, 0.2) is 11.8 Å². The van der Waals surface area contributed by atoms with Crippen molar-refractivity contribution in [2.75, 3.05) is 6.61 Å². The van der Waals surface area contributed by atoms with Crippen molar-refractivity contribution in [2.45, 2.75) is 25.1 Å². The van der Waals surface area contributed by atoms with Gasteiger partial charge < -0.3 is 4.74 Å². The van der Waals surface area contributed by atoms with Crippen LogP contribution in [-0.4, -0.2) is 12.0 Å². The molecule has 1 rings (SSSR count). The van der Waals surface area contributed by atoms with Crippen molar-refractivity contribution in [1.29, 1.82) is 0 Å². The first-order valence-electron chi connectivity index (χ1n) is 3.27. The van der Waals surface area contributed by atoms with E-state index in [0.717, 1.165) is 25.2 Å². The molecule has 0 spiro atoms. The fourth-order valence-electron chi connectivity index (χ4n) is 0.854. The van der Waals surface area contributed by atoms with E-state index in [-0.39, 0.29) is 5.38 Å². The second kappa shape index (κ2) is 3.11. The molecule has 2 heteroatoms. The lowest BCUT2D eigenvalue weighted by Crippen LogP contribution is -2.07. The molecule has 1 heterocycles. The molecule has 1 unspecified atom stereocenters. The van der Waals surface area contributed by atoms with Gasteiger partial charge in [-0.1, -0.05) is 0 Å². The molecular formula is C7H11ClO. The number of halogens is 1. The third-order valence-corrected chi connectivity index (χ3v) is 1.57. The molecule has 0 saturated heterocycles. The Kier molecular flexibility index (Phi) is 2.40. The molecule has 0 saturated carbocycles. The van der Waals surface area contributed by atoms with Gasteiger partial charge in [-0.15, -0.1) is 11.6 Å². The second-order valence-electron chi connectivity index (χ2n) is 2.21. The van der Waals surface area contributed by atoms with E-state index >= 15 is 0 Å². The van der Waals surface area contributed by atoms with E-state index in [4.69, 9.17) is 16.3 Å². The number of hydrogen-bond donors (Lipinski definition) is 0. The normalized spacial score (nSPS) is 22.2. The highest BCUT2D eigenvalue weighted by Gasteiger charge is 2.08. The van der Waals surface area contributed by atoms with Crippen LogP contribution in [0, 0.1) is 0 Å². The van der Waals surface area contributed by atoms with E-state index in [2.05, 4.69) is 6.08 Å². The summed E-state index contributed by atoms with van der Waals surface area (Å²) in [5, 5.41) is 0.0466. The van der Waals surface area contributed by atoms with Crippen molar-refractivity contribution in [3.8, 4) is 0 Å². The molecule has 0 radical (unpaired) electrons. The number of hydrogen-bond acceptors (Lipinski definition) is 1. The molecule has 1 nitrogen and oxygen atoms in total. The van der Waals surface area contributed by atoms with Crippen LogP contribution in [-0.2, 0) is 4.74 Å². The Morgan fingerprint density at radius 2 is 2.56 bits per heavy atom. The van der Waals surface area contributed by atoms with E-state index in [0.29, 0.717) is 0 Å². The molecule has 1 aliphatic heterocycles. The van der Waals surface area contributed by atoms with Crippen LogP contribution in [0.1, 0.15) is 19.8 Å². The first-order valence-corrected chi connectivity index (χ1v) is 3.71. The van der Waals surface area contributed by atoms with Gasteiger partial charge in [0.05, 0.1) is 12.0 Å². The van der Waals surface area contributed by atoms with Crippen LogP contribution in [0.2, 0.25) is 0 Å². The van der Waals surface area contributed by atoms with Crippen LogP contribution < -0.4 is 0 Å². The Bertz CT molecular complexity index is 118. The quantitative estimate of drug-likeness (QED) is 0.516. The van der Waals surface area contributed by atoms with E-state index in [1.807, 2.05) is 6.92 Å². The van der Waals surface area contributed by atoms with Gasteiger partial charge in [-0.25, -0.2) is 0 Å². The maximum absolute atomic E-state index is 5.76. The lowest BCUT2D eigenvalue weighted by atomic mass is 10.2. The minimum absolute atomic E-state index is 0.0466. The maximum Gasteiger partial charge on any atom is 0.110 e. The third-order valence-electron chi connectivity index (χ3n) is 1.35. The third kappa shape index (κ3) is 1.90. The first kappa shape index (κ1) is 6.94.